The van der Waals surface area contributed by atoms with Crippen molar-refractivity contribution in [2.45, 2.75) is 20.3 Å². The van der Waals surface area contributed by atoms with E-state index in [-0.39, 0.29) is 18.2 Å². The first-order valence-corrected chi connectivity index (χ1v) is 8.64. The Hall–Kier alpha value is -3.15. The van der Waals surface area contributed by atoms with Crippen LogP contribution in [-0.2, 0) is 9.59 Å². The Bertz CT molecular complexity index is 1010. The van der Waals surface area contributed by atoms with Crippen molar-refractivity contribution in [2.24, 2.45) is 5.92 Å². The van der Waals surface area contributed by atoms with Crippen LogP contribution in [0.4, 0.5) is 11.5 Å². The Morgan fingerprint density at radius 3 is 2.88 bits per heavy atom. The van der Waals surface area contributed by atoms with E-state index in [4.69, 9.17) is 0 Å². The summed E-state index contributed by atoms with van der Waals surface area (Å²) in [6.07, 6.45) is 0.192. The minimum absolute atomic E-state index is 0.0802. The van der Waals surface area contributed by atoms with Gasteiger partial charge in [0.2, 0.25) is 11.8 Å². The monoisotopic (exact) mass is 348 g/mol. The molecule has 2 amide bonds. The second kappa shape index (κ2) is 6.29. The van der Waals surface area contributed by atoms with Crippen LogP contribution < -0.4 is 10.2 Å². The van der Waals surface area contributed by atoms with Crippen LogP contribution in [0.5, 0.6) is 0 Å². The first-order valence-electron chi connectivity index (χ1n) is 8.64. The largest absolute Gasteiger partial charge is 0.326 e. The van der Waals surface area contributed by atoms with E-state index in [0.29, 0.717) is 12.4 Å². The molecule has 1 fully saturated rings. The maximum Gasteiger partial charge on any atom is 0.229 e. The average molecular weight is 348 g/mol. The summed E-state index contributed by atoms with van der Waals surface area (Å²) in [5, 5.41) is 11.1. The van der Waals surface area contributed by atoms with Crippen LogP contribution in [0.2, 0.25) is 0 Å². The molecule has 0 aliphatic carbocycles. The molecule has 0 bridgehead atoms. The van der Waals surface area contributed by atoms with Crippen LogP contribution in [0.25, 0.3) is 10.9 Å². The molecule has 2 N–H and O–H groups in total. The van der Waals surface area contributed by atoms with Gasteiger partial charge in [0.25, 0.3) is 0 Å². The summed E-state index contributed by atoms with van der Waals surface area (Å²) >= 11 is 0. The second-order valence-electron chi connectivity index (χ2n) is 6.81. The minimum Gasteiger partial charge on any atom is -0.326 e. The highest BCUT2D eigenvalue weighted by molar-refractivity contribution is 6.07. The Morgan fingerprint density at radius 1 is 1.23 bits per heavy atom. The molecule has 1 aliphatic heterocycles. The van der Waals surface area contributed by atoms with Crippen molar-refractivity contribution in [3.05, 3.63) is 53.6 Å². The van der Waals surface area contributed by atoms with Gasteiger partial charge in [-0.3, -0.25) is 19.6 Å². The predicted molar refractivity (Wildman–Crippen MR) is 101 cm³/mol. The van der Waals surface area contributed by atoms with Crippen LogP contribution in [0, 0.1) is 19.8 Å². The molecule has 1 saturated heterocycles. The molecule has 2 aromatic carbocycles. The number of carbonyl (C=O) groups is 2. The van der Waals surface area contributed by atoms with E-state index in [1.165, 1.54) is 0 Å². The van der Waals surface area contributed by atoms with E-state index >= 15 is 0 Å². The molecule has 0 unspecified atom stereocenters. The minimum atomic E-state index is -0.391. The van der Waals surface area contributed by atoms with Gasteiger partial charge in [-0.05, 0) is 43.2 Å². The van der Waals surface area contributed by atoms with E-state index in [1.807, 2.05) is 56.3 Å². The Balaban J connectivity index is 1.54. The molecule has 0 saturated carbocycles. The van der Waals surface area contributed by atoms with E-state index in [1.54, 1.807) is 4.90 Å². The molecule has 26 heavy (non-hydrogen) atoms. The van der Waals surface area contributed by atoms with E-state index in [2.05, 4.69) is 15.5 Å². The number of aromatic nitrogens is 2. The number of para-hydroxylation sites is 1. The Kier molecular flexibility index (Phi) is 3.95. The van der Waals surface area contributed by atoms with Crippen LogP contribution >= 0.6 is 0 Å². The molecule has 4 rings (SSSR count). The Labute approximate surface area is 151 Å². The van der Waals surface area contributed by atoms with Gasteiger partial charge in [-0.2, -0.15) is 5.10 Å². The highest BCUT2D eigenvalue weighted by atomic mass is 16.2. The molecule has 6 nitrogen and oxygen atoms in total. The van der Waals surface area contributed by atoms with Gasteiger partial charge in [-0.25, -0.2) is 0 Å². The van der Waals surface area contributed by atoms with Crippen LogP contribution in [0.3, 0.4) is 0 Å². The van der Waals surface area contributed by atoms with Crippen molar-refractivity contribution in [1.29, 1.82) is 0 Å². The van der Waals surface area contributed by atoms with Crippen molar-refractivity contribution < 1.29 is 9.59 Å². The van der Waals surface area contributed by atoms with Gasteiger partial charge in [0.15, 0.2) is 5.82 Å². The molecule has 0 radical (unpaired) electrons. The topological polar surface area (TPSA) is 78.1 Å². The van der Waals surface area contributed by atoms with Crippen LogP contribution in [0.1, 0.15) is 17.5 Å². The SMILES string of the molecule is Cc1ccc(C)c(NC(=O)[C@H]2CC(=O)N(c3n[nH]c4ccccc34)C2)c1. The van der Waals surface area contributed by atoms with E-state index in [9.17, 15) is 9.59 Å². The maximum atomic E-state index is 12.7. The molecule has 1 aromatic heterocycles. The number of benzene rings is 2. The fraction of sp³-hybridized carbons (Fsp3) is 0.250. The van der Waals surface area contributed by atoms with Gasteiger partial charge in [-0.1, -0.05) is 24.3 Å². The fourth-order valence-corrected chi connectivity index (χ4v) is 3.35. The van der Waals surface area contributed by atoms with Crippen molar-refractivity contribution >= 4 is 34.2 Å². The zero-order valence-corrected chi connectivity index (χ0v) is 14.7. The summed E-state index contributed by atoms with van der Waals surface area (Å²) < 4.78 is 0. The van der Waals surface area contributed by atoms with Gasteiger partial charge in [-0.15, -0.1) is 0 Å². The molecular formula is C20H20N4O2. The van der Waals surface area contributed by atoms with Crippen molar-refractivity contribution in [2.75, 3.05) is 16.8 Å². The van der Waals surface area contributed by atoms with E-state index in [0.717, 1.165) is 27.7 Å². The highest BCUT2D eigenvalue weighted by Gasteiger charge is 2.37. The molecule has 3 aromatic rings. The number of fused-ring (bicyclic) bond motifs is 1. The number of carbonyl (C=O) groups excluding carboxylic acids is 2. The summed E-state index contributed by atoms with van der Waals surface area (Å²) in [6.45, 7) is 4.28. The van der Waals surface area contributed by atoms with Crippen LogP contribution in [-0.4, -0.2) is 28.6 Å². The lowest BCUT2D eigenvalue weighted by atomic mass is 10.1. The number of amides is 2. The number of H-pyrrole nitrogens is 1. The first-order chi connectivity index (χ1) is 12.5. The molecule has 2 heterocycles. The average Bonchev–Trinajstić information content (AvgIpc) is 3.21. The number of nitrogens with one attached hydrogen (secondary N) is 2. The summed E-state index contributed by atoms with van der Waals surface area (Å²) in [7, 11) is 0. The lowest BCUT2D eigenvalue weighted by Crippen LogP contribution is -2.28. The number of hydrogen-bond acceptors (Lipinski definition) is 3. The number of hydrogen-bond donors (Lipinski definition) is 2. The zero-order chi connectivity index (χ0) is 18.3. The van der Waals surface area contributed by atoms with Crippen LogP contribution in [0.15, 0.2) is 42.5 Å². The van der Waals surface area contributed by atoms with Crippen molar-refractivity contribution in [1.82, 2.24) is 10.2 Å². The predicted octanol–water partition coefficient (Wildman–Crippen LogP) is 3.17. The fourth-order valence-electron chi connectivity index (χ4n) is 3.35. The summed E-state index contributed by atoms with van der Waals surface area (Å²) in [4.78, 5) is 26.8. The van der Waals surface area contributed by atoms with Gasteiger partial charge >= 0.3 is 0 Å². The lowest BCUT2D eigenvalue weighted by Gasteiger charge is -2.15. The zero-order valence-electron chi connectivity index (χ0n) is 14.7. The first kappa shape index (κ1) is 16.3. The summed E-state index contributed by atoms with van der Waals surface area (Å²) in [5.41, 5.74) is 3.76. The number of rotatable bonds is 3. The smallest absolute Gasteiger partial charge is 0.229 e. The summed E-state index contributed by atoms with van der Waals surface area (Å²) in [5.74, 6) is -0.0109. The number of nitrogens with zero attached hydrogens (tertiary/aromatic N) is 2. The van der Waals surface area contributed by atoms with Crippen molar-refractivity contribution in [3.63, 3.8) is 0 Å². The highest BCUT2D eigenvalue weighted by Crippen LogP contribution is 2.30. The van der Waals surface area contributed by atoms with Gasteiger partial charge < -0.3 is 5.32 Å². The molecule has 1 aliphatic rings. The van der Waals surface area contributed by atoms with Gasteiger partial charge in [0.1, 0.15) is 0 Å². The number of aromatic amines is 1. The molecule has 1 atom stereocenters. The maximum absolute atomic E-state index is 12.7. The third-order valence-corrected chi connectivity index (χ3v) is 4.85. The van der Waals surface area contributed by atoms with Gasteiger partial charge in [0.05, 0.1) is 11.4 Å². The van der Waals surface area contributed by atoms with E-state index < -0.39 is 5.92 Å². The normalized spacial score (nSPS) is 17.1. The Morgan fingerprint density at radius 2 is 2.04 bits per heavy atom. The summed E-state index contributed by atoms with van der Waals surface area (Å²) in [6, 6.07) is 13.6. The second-order valence-corrected chi connectivity index (χ2v) is 6.81. The third-order valence-electron chi connectivity index (χ3n) is 4.85. The molecule has 0 spiro atoms. The standard InChI is InChI=1S/C20H20N4O2/c1-12-7-8-13(2)17(9-12)21-20(26)14-10-18(25)24(11-14)19-15-5-3-4-6-16(15)22-23-19/h3-9,14H,10-11H2,1-2H3,(H,21,26)(H,22,23)/t14-/m0/s1. The number of aryl methyl sites for hydroxylation is 2. The lowest BCUT2D eigenvalue weighted by molar-refractivity contribution is -0.122. The van der Waals surface area contributed by atoms with Crippen molar-refractivity contribution in [3.8, 4) is 0 Å². The molecule has 6 heteroatoms. The molecule has 132 valence electrons. The molecular weight excluding hydrogens is 328 g/mol. The number of anilines is 2. The quantitative estimate of drug-likeness (QED) is 0.763. The van der Waals surface area contributed by atoms with Gasteiger partial charge in [0, 0.05) is 24.0 Å². The third kappa shape index (κ3) is 2.83.